The predicted octanol–water partition coefficient (Wildman–Crippen LogP) is 6.03. The highest BCUT2D eigenvalue weighted by molar-refractivity contribution is 7.79. The van der Waals surface area contributed by atoms with Crippen LogP contribution < -0.4 is 15.9 Å². The summed E-state index contributed by atoms with van der Waals surface area (Å²) in [5, 5.41) is 4.19. The van der Waals surface area contributed by atoms with Crippen molar-refractivity contribution in [3.63, 3.8) is 0 Å². The molecule has 0 fully saturated rings. The first-order valence-corrected chi connectivity index (χ1v) is 10.7. The Balaban J connectivity index is 0.000000326. The minimum absolute atomic E-state index is 0.446. The maximum atomic E-state index is 2.23. The molecule has 0 radical (unpaired) electrons. The third-order valence-electron chi connectivity index (χ3n) is 4.00. The summed E-state index contributed by atoms with van der Waals surface area (Å²) in [6, 6.07) is 32.3. The van der Waals surface area contributed by atoms with Gasteiger partial charge in [-0.2, -0.15) is 0 Å². The zero-order valence-electron chi connectivity index (χ0n) is 15.4. The Morgan fingerprint density at radius 1 is 0.480 bits per heavy atom. The summed E-state index contributed by atoms with van der Waals surface area (Å²) >= 11 is 0. The second-order valence-corrected chi connectivity index (χ2v) is 8.27. The quantitative estimate of drug-likeness (QED) is 0.377. The van der Waals surface area contributed by atoms with E-state index < -0.39 is 7.92 Å². The fourth-order valence-electron chi connectivity index (χ4n) is 2.68. The topological polar surface area (TPSA) is 0 Å². The molecule has 0 N–H and O–H groups in total. The van der Waals surface area contributed by atoms with Gasteiger partial charge in [-0.1, -0.05) is 131 Å². The fraction of sp³-hybridized carbons (Fsp3) is 0.250. The molecule has 1 heteroatoms. The third-order valence-corrected chi connectivity index (χ3v) is 6.44. The Hall–Kier alpha value is -1.91. The van der Waals surface area contributed by atoms with Crippen LogP contribution in [0.2, 0.25) is 0 Å². The third kappa shape index (κ3) is 6.48. The van der Waals surface area contributed by atoms with Crippen molar-refractivity contribution in [1.82, 2.24) is 0 Å². The van der Waals surface area contributed by atoms with Gasteiger partial charge < -0.3 is 0 Å². The van der Waals surface area contributed by atoms with Crippen LogP contribution in [-0.2, 0) is 0 Å². The summed E-state index contributed by atoms with van der Waals surface area (Å²) in [5.41, 5.74) is 0. The van der Waals surface area contributed by atoms with Crippen LogP contribution in [0.25, 0.3) is 0 Å². The van der Waals surface area contributed by atoms with Crippen LogP contribution in [0.1, 0.15) is 39.5 Å². The molecule has 0 aliphatic carbocycles. The van der Waals surface area contributed by atoms with Gasteiger partial charge in [-0.25, -0.2) is 0 Å². The van der Waals surface area contributed by atoms with Gasteiger partial charge in [-0.3, -0.25) is 0 Å². The van der Waals surface area contributed by atoms with E-state index in [1.807, 2.05) is 0 Å². The highest BCUT2D eigenvalue weighted by Crippen LogP contribution is 2.32. The zero-order valence-corrected chi connectivity index (χ0v) is 16.3. The first kappa shape index (κ1) is 19.4. The molecule has 0 unspecified atom stereocenters. The van der Waals surface area contributed by atoms with Gasteiger partial charge in [0.2, 0.25) is 0 Å². The van der Waals surface area contributed by atoms with Crippen molar-refractivity contribution in [3.05, 3.63) is 91.0 Å². The van der Waals surface area contributed by atoms with Crippen LogP contribution in [0, 0.1) is 0 Å². The van der Waals surface area contributed by atoms with Crippen LogP contribution in [-0.4, -0.2) is 0 Å². The Labute approximate surface area is 154 Å². The average molecular weight is 348 g/mol. The second kappa shape index (κ2) is 11.6. The molecule has 3 aromatic carbocycles. The Morgan fingerprint density at radius 2 is 0.760 bits per heavy atom. The van der Waals surface area contributed by atoms with E-state index >= 15 is 0 Å². The largest absolute Gasteiger partial charge is 0.0654 e. The molecule has 25 heavy (non-hydrogen) atoms. The van der Waals surface area contributed by atoms with E-state index in [4.69, 9.17) is 0 Å². The zero-order chi connectivity index (χ0) is 17.7. The normalized spacial score (nSPS) is 10.2. The van der Waals surface area contributed by atoms with Crippen molar-refractivity contribution in [2.45, 2.75) is 39.5 Å². The molecule has 3 aromatic rings. The van der Waals surface area contributed by atoms with E-state index in [2.05, 4.69) is 105 Å². The smallest absolute Gasteiger partial charge is 0.0134 e. The van der Waals surface area contributed by atoms with Crippen molar-refractivity contribution in [2.75, 3.05) is 0 Å². The number of unbranched alkanes of at least 4 members (excludes halogenated alkanes) is 3. The molecule has 3 rings (SSSR count). The fourth-order valence-corrected chi connectivity index (χ4v) is 4.98. The molecule has 0 nitrogen and oxygen atoms in total. The highest BCUT2D eigenvalue weighted by Gasteiger charge is 2.14. The van der Waals surface area contributed by atoms with E-state index in [-0.39, 0.29) is 0 Å². The summed E-state index contributed by atoms with van der Waals surface area (Å²) in [6.45, 7) is 4.46. The van der Waals surface area contributed by atoms with E-state index in [1.165, 1.54) is 41.6 Å². The van der Waals surface area contributed by atoms with Crippen LogP contribution in [0.5, 0.6) is 0 Å². The summed E-state index contributed by atoms with van der Waals surface area (Å²) in [6.07, 6.45) is 5.54. The van der Waals surface area contributed by atoms with Gasteiger partial charge in [0.05, 0.1) is 0 Å². The molecule has 0 heterocycles. The standard InChI is InChI=1S/C18H15P.C6H14/c1-4-10-16(11-5-1)19(17-12-6-2-7-13-17)18-14-8-3-9-15-18;1-3-5-6-4-2/h1-15H;3-6H2,1-2H3. The maximum absolute atomic E-state index is 2.23. The van der Waals surface area contributed by atoms with Gasteiger partial charge in [-0.15, -0.1) is 0 Å². The van der Waals surface area contributed by atoms with Gasteiger partial charge in [0.25, 0.3) is 0 Å². The van der Waals surface area contributed by atoms with Gasteiger partial charge in [0.15, 0.2) is 0 Å². The Kier molecular flexibility index (Phi) is 9.02. The van der Waals surface area contributed by atoms with E-state index in [0.717, 1.165) is 0 Å². The number of benzene rings is 3. The molecule has 0 saturated carbocycles. The average Bonchev–Trinajstić information content (AvgIpc) is 2.70. The molecule has 0 atom stereocenters. The summed E-state index contributed by atoms with van der Waals surface area (Å²) < 4.78 is 0. The van der Waals surface area contributed by atoms with E-state index in [9.17, 15) is 0 Å². The van der Waals surface area contributed by atoms with Crippen LogP contribution in [0.4, 0.5) is 0 Å². The minimum atomic E-state index is -0.446. The molecule has 0 saturated heterocycles. The van der Waals surface area contributed by atoms with Gasteiger partial charge in [0.1, 0.15) is 0 Å². The second-order valence-electron chi connectivity index (χ2n) is 6.05. The number of rotatable bonds is 6. The van der Waals surface area contributed by atoms with Crippen LogP contribution in [0.15, 0.2) is 91.0 Å². The lowest BCUT2D eigenvalue weighted by Gasteiger charge is -2.18. The lowest BCUT2D eigenvalue weighted by molar-refractivity contribution is 0.702. The molecule has 0 spiro atoms. The molecule has 0 aliphatic rings. The molecule has 130 valence electrons. The Bertz CT molecular complexity index is 579. The van der Waals surface area contributed by atoms with Gasteiger partial charge in [-0.05, 0) is 23.8 Å². The highest BCUT2D eigenvalue weighted by atomic mass is 31.1. The summed E-state index contributed by atoms with van der Waals surface area (Å²) in [7, 11) is -0.446. The predicted molar refractivity (Wildman–Crippen MR) is 115 cm³/mol. The van der Waals surface area contributed by atoms with E-state index in [0.29, 0.717) is 0 Å². The molecule has 0 bridgehead atoms. The monoisotopic (exact) mass is 348 g/mol. The van der Waals surface area contributed by atoms with Crippen molar-refractivity contribution in [1.29, 1.82) is 0 Å². The molecular formula is C24H29P. The maximum Gasteiger partial charge on any atom is -0.0134 e. The van der Waals surface area contributed by atoms with Crippen molar-refractivity contribution in [2.24, 2.45) is 0 Å². The molecule has 0 aromatic heterocycles. The summed E-state index contributed by atoms with van der Waals surface area (Å²) in [4.78, 5) is 0. The lowest BCUT2D eigenvalue weighted by atomic mass is 10.2. The number of hydrogen-bond donors (Lipinski definition) is 0. The van der Waals surface area contributed by atoms with Gasteiger partial charge >= 0.3 is 0 Å². The first-order valence-electron chi connectivity index (χ1n) is 9.32. The molecular weight excluding hydrogens is 319 g/mol. The van der Waals surface area contributed by atoms with Crippen LogP contribution >= 0.6 is 7.92 Å². The number of hydrogen-bond acceptors (Lipinski definition) is 0. The first-order chi connectivity index (χ1) is 12.4. The van der Waals surface area contributed by atoms with Crippen LogP contribution in [0.3, 0.4) is 0 Å². The van der Waals surface area contributed by atoms with Crippen molar-refractivity contribution < 1.29 is 0 Å². The molecule has 0 amide bonds. The molecule has 0 aliphatic heterocycles. The lowest BCUT2D eigenvalue weighted by Crippen LogP contribution is -2.20. The SMILES string of the molecule is CCCCCC.c1ccc(P(c2ccccc2)c2ccccc2)cc1. The van der Waals surface area contributed by atoms with E-state index in [1.54, 1.807) is 0 Å². The minimum Gasteiger partial charge on any atom is -0.0654 e. The van der Waals surface area contributed by atoms with Gasteiger partial charge in [0, 0.05) is 0 Å². The Morgan fingerprint density at radius 3 is 1.00 bits per heavy atom. The van der Waals surface area contributed by atoms with Crippen molar-refractivity contribution in [3.8, 4) is 0 Å². The van der Waals surface area contributed by atoms with Crippen molar-refractivity contribution >= 4 is 23.8 Å². The summed E-state index contributed by atoms with van der Waals surface area (Å²) in [5.74, 6) is 0.